The number of ether oxygens (including phenoxy) is 1. The summed E-state index contributed by atoms with van der Waals surface area (Å²) in [5.74, 6) is -2.20. The van der Waals surface area contributed by atoms with Crippen molar-refractivity contribution in [3.63, 3.8) is 0 Å². The highest BCUT2D eigenvalue weighted by molar-refractivity contribution is 6.22. The normalized spacial score (nSPS) is 12.8. The molecule has 0 atom stereocenters. The van der Waals surface area contributed by atoms with Crippen LogP contribution < -0.4 is 10.6 Å². The summed E-state index contributed by atoms with van der Waals surface area (Å²) in [6.45, 7) is 5.15. The largest absolute Gasteiger partial charge is 0.444 e. The molecule has 1 heterocycles. The second-order valence-corrected chi connectivity index (χ2v) is 9.22. The molecule has 0 saturated heterocycles. The lowest BCUT2D eigenvalue weighted by atomic mass is 10.1. The summed E-state index contributed by atoms with van der Waals surface area (Å²) in [5.41, 5.74) is 0.567. The number of hydrogen-bond acceptors (Lipinski definition) is 5. The van der Waals surface area contributed by atoms with Crippen molar-refractivity contribution in [1.29, 1.82) is 0 Å². The number of nitrogens with zero attached hydrogens (tertiary/aromatic N) is 1. The predicted octanol–water partition coefficient (Wildman–Crippen LogP) is 5.22. The predicted molar refractivity (Wildman–Crippen MR) is 131 cm³/mol. The van der Waals surface area contributed by atoms with E-state index in [1.165, 1.54) is 30.3 Å². The summed E-state index contributed by atoms with van der Waals surface area (Å²) in [7, 11) is 0. The first-order valence-electron chi connectivity index (χ1n) is 11.2. The SMILES string of the molecule is CC(C)(C)OC(=O)Nc1cc(NC(=O)c2ccc3c(c2)C(=O)N(Cc2ccccc2)C3=O)ccc1F. The zero-order valence-corrected chi connectivity index (χ0v) is 19.9. The first kappa shape index (κ1) is 24.6. The number of carbonyl (C=O) groups is 4. The fourth-order valence-electron chi connectivity index (χ4n) is 3.66. The summed E-state index contributed by atoms with van der Waals surface area (Å²) in [6, 6.07) is 17.0. The van der Waals surface area contributed by atoms with Crippen LogP contribution in [-0.4, -0.2) is 34.3 Å². The summed E-state index contributed by atoms with van der Waals surface area (Å²) in [4.78, 5) is 51.6. The minimum absolute atomic E-state index is 0.123. The van der Waals surface area contributed by atoms with Gasteiger partial charge in [-0.1, -0.05) is 30.3 Å². The van der Waals surface area contributed by atoms with Gasteiger partial charge in [0.1, 0.15) is 11.4 Å². The second-order valence-electron chi connectivity index (χ2n) is 9.22. The summed E-state index contributed by atoms with van der Waals surface area (Å²) in [6.07, 6.45) is -0.841. The van der Waals surface area contributed by atoms with Crippen molar-refractivity contribution in [2.75, 3.05) is 10.6 Å². The molecule has 2 N–H and O–H groups in total. The molecule has 0 radical (unpaired) electrons. The van der Waals surface area contributed by atoms with Gasteiger partial charge in [-0.15, -0.1) is 0 Å². The van der Waals surface area contributed by atoms with E-state index >= 15 is 0 Å². The van der Waals surface area contributed by atoms with Crippen LogP contribution in [0.3, 0.4) is 0 Å². The summed E-state index contributed by atoms with van der Waals surface area (Å²) in [5, 5.41) is 4.92. The summed E-state index contributed by atoms with van der Waals surface area (Å²) < 4.78 is 19.3. The molecule has 0 unspecified atom stereocenters. The number of carbonyl (C=O) groups excluding carboxylic acids is 4. The smallest absolute Gasteiger partial charge is 0.412 e. The molecule has 0 bridgehead atoms. The number of imide groups is 1. The standard InChI is InChI=1S/C27H24FN3O5/c1-27(2,3)36-26(35)30-22-14-18(10-12-21(22)28)29-23(32)17-9-11-19-20(13-17)25(34)31(24(19)33)15-16-7-5-4-6-8-16/h4-14H,15H2,1-3H3,(H,29,32)(H,30,35). The van der Waals surface area contributed by atoms with Gasteiger partial charge in [0.2, 0.25) is 0 Å². The minimum Gasteiger partial charge on any atom is -0.444 e. The average molecular weight is 490 g/mol. The van der Waals surface area contributed by atoms with Crippen molar-refractivity contribution in [3.05, 3.63) is 94.8 Å². The maximum Gasteiger partial charge on any atom is 0.412 e. The molecule has 0 aliphatic carbocycles. The highest BCUT2D eigenvalue weighted by Crippen LogP contribution is 2.27. The van der Waals surface area contributed by atoms with Crippen molar-refractivity contribution in [2.45, 2.75) is 32.9 Å². The molecule has 9 heteroatoms. The van der Waals surface area contributed by atoms with Gasteiger partial charge in [-0.3, -0.25) is 24.6 Å². The Hall–Kier alpha value is -4.53. The van der Waals surface area contributed by atoms with E-state index in [0.29, 0.717) is 0 Å². The van der Waals surface area contributed by atoms with Crippen LogP contribution in [0.15, 0.2) is 66.7 Å². The van der Waals surface area contributed by atoms with Crippen LogP contribution >= 0.6 is 0 Å². The fraction of sp³-hybridized carbons (Fsp3) is 0.185. The minimum atomic E-state index is -0.841. The number of fused-ring (bicyclic) bond motifs is 1. The Bertz CT molecular complexity index is 1370. The van der Waals surface area contributed by atoms with Gasteiger partial charge in [0.05, 0.1) is 23.4 Å². The van der Waals surface area contributed by atoms with Crippen LogP contribution in [0.4, 0.5) is 20.6 Å². The first-order valence-corrected chi connectivity index (χ1v) is 11.2. The van der Waals surface area contributed by atoms with Crippen LogP contribution in [0.25, 0.3) is 0 Å². The second kappa shape index (κ2) is 9.61. The van der Waals surface area contributed by atoms with E-state index in [4.69, 9.17) is 4.74 Å². The highest BCUT2D eigenvalue weighted by Gasteiger charge is 2.36. The molecule has 36 heavy (non-hydrogen) atoms. The van der Waals surface area contributed by atoms with E-state index in [0.717, 1.165) is 16.5 Å². The van der Waals surface area contributed by atoms with Crippen LogP contribution in [0.1, 0.15) is 57.4 Å². The van der Waals surface area contributed by atoms with Gasteiger partial charge in [0.25, 0.3) is 17.7 Å². The molecule has 1 aliphatic rings. The molecule has 0 saturated carbocycles. The molecule has 4 amide bonds. The van der Waals surface area contributed by atoms with Gasteiger partial charge in [-0.25, -0.2) is 9.18 Å². The third kappa shape index (κ3) is 5.41. The van der Waals surface area contributed by atoms with Crippen molar-refractivity contribution in [1.82, 2.24) is 4.90 Å². The third-order valence-corrected chi connectivity index (χ3v) is 5.28. The van der Waals surface area contributed by atoms with Crippen LogP contribution in [-0.2, 0) is 11.3 Å². The van der Waals surface area contributed by atoms with Gasteiger partial charge in [0, 0.05) is 11.3 Å². The lowest BCUT2D eigenvalue weighted by molar-refractivity contribution is 0.0625. The van der Waals surface area contributed by atoms with Crippen LogP contribution in [0.2, 0.25) is 0 Å². The molecule has 0 fully saturated rings. The van der Waals surface area contributed by atoms with E-state index in [-0.39, 0.29) is 34.6 Å². The Morgan fingerprint density at radius 3 is 2.28 bits per heavy atom. The van der Waals surface area contributed by atoms with E-state index in [9.17, 15) is 23.6 Å². The molecule has 1 aliphatic heterocycles. The zero-order chi connectivity index (χ0) is 26.0. The molecule has 3 aromatic carbocycles. The molecule has 0 spiro atoms. The van der Waals surface area contributed by atoms with Crippen molar-refractivity contribution >= 4 is 35.2 Å². The Morgan fingerprint density at radius 1 is 0.889 bits per heavy atom. The Morgan fingerprint density at radius 2 is 1.58 bits per heavy atom. The molecule has 4 rings (SSSR count). The van der Waals surface area contributed by atoms with Crippen molar-refractivity contribution < 1.29 is 28.3 Å². The van der Waals surface area contributed by atoms with Gasteiger partial charge < -0.3 is 10.1 Å². The molecule has 184 valence electrons. The van der Waals surface area contributed by atoms with Gasteiger partial charge in [0.15, 0.2) is 0 Å². The van der Waals surface area contributed by atoms with E-state index in [1.54, 1.807) is 20.8 Å². The molecular weight excluding hydrogens is 465 g/mol. The van der Waals surface area contributed by atoms with E-state index < -0.39 is 35.2 Å². The van der Waals surface area contributed by atoms with Crippen molar-refractivity contribution in [3.8, 4) is 0 Å². The maximum atomic E-state index is 14.2. The van der Waals surface area contributed by atoms with E-state index in [2.05, 4.69) is 10.6 Å². The van der Waals surface area contributed by atoms with E-state index in [1.807, 2.05) is 30.3 Å². The third-order valence-electron chi connectivity index (χ3n) is 5.28. The quantitative estimate of drug-likeness (QED) is 0.478. The number of anilines is 2. The lowest BCUT2D eigenvalue weighted by Crippen LogP contribution is -2.29. The topological polar surface area (TPSA) is 105 Å². The molecule has 0 aromatic heterocycles. The van der Waals surface area contributed by atoms with Gasteiger partial charge in [-0.05, 0) is 62.7 Å². The average Bonchev–Trinajstić information content (AvgIpc) is 3.05. The number of halogens is 1. The Balaban J connectivity index is 1.49. The monoisotopic (exact) mass is 489 g/mol. The number of benzene rings is 3. The maximum absolute atomic E-state index is 14.2. The molecular formula is C27H24FN3O5. The number of amides is 4. The first-order chi connectivity index (χ1) is 17.0. The zero-order valence-electron chi connectivity index (χ0n) is 19.9. The van der Waals surface area contributed by atoms with Crippen molar-refractivity contribution in [2.24, 2.45) is 0 Å². The highest BCUT2D eigenvalue weighted by atomic mass is 19.1. The van der Waals surface area contributed by atoms with Crippen LogP contribution in [0, 0.1) is 5.82 Å². The molecule has 8 nitrogen and oxygen atoms in total. The Kier molecular flexibility index (Phi) is 6.57. The molecule has 3 aromatic rings. The van der Waals surface area contributed by atoms with Crippen LogP contribution in [0.5, 0.6) is 0 Å². The number of nitrogens with one attached hydrogen (secondary N) is 2. The van der Waals surface area contributed by atoms with Gasteiger partial charge in [-0.2, -0.15) is 0 Å². The fourth-order valence-corrected chi connectivity index (χ4v) is 3.66. The Labute approximate surface area is 207 Å². The number of rotatable bonds is 5. The number of hydrogen-bond donors (Lipinski definition) is 2. The van der Waals surface area contributed by atoms with Gasteiger partial charge >= 0.3 is 6.09 Å². The lowest BCUT2D eigenvalue weighted by Gasteiger charge is -2.20. The summed E-state index contributed by atoms with van der Waals surface area (Å²) >= 11 is 0.